The van der Waals surface area contributed by atoms with Crippen LogP contribution in [0.4, 0.5) is 0 Å². The van der Waals surface area contributed by atoms with Gasteiger partial charge in [0.25, 0.3) is 0 Å². The van der Waals surface area contributed by atoms with Crippen LogP contribution in [0, 0.1) is 0 Å². The van der Waals surface area contributed by atoms with E-state index in [0.29, 0.717) is 31.0 Å². The molecule has 2 heterocycles. The molecule has 0 bridgehead atoms. The zero-order valence-electron chi connectivity index (χ0n) is 12.4. The number of pyridine rings is 1. The topological polar surface area (TPSA) is 59.5 Å². The molecule has 116 valence electrons. The van der Waals surface area contributed by atoms with Gasteiger partial charge in [0, 0.05) is 32.6 Å². The van der Waals surface area contributed by atoms with Gasteiger partial charge in [-0.25, -0.2) is 8.42 Å². The minimum Gasteiger partial charge on any atom is -0.380 e. The molecule has 0 radical (unpaired) electrons. The number of benzene rings is 1. The third kappa shape index (κ3) is 2.77. The van der Waals surface area contributed by atoms with Crippen molar-refractivity contribution in [3.05, 3.63) is 59.4 Å². The average molecular weight is 318 g/mol. The molecule has 22 heavy (non-hydrogen) atoms. The summed E-state index contributed by atoms with van der Waals surface area (Å²) in [4.78, 5) is 4.54. The molecule has 1 aliphatic rings. The molecular formula is C16H18N2O3S. The first-order valence-corrected chi connectivity index (χ1v) is 8.55. The molecule has 0 amide bonds. The highest BCUT2D eigenvalue weighted by atomic mass is 32.2. The lowest BCUT2D eigenvalue weighted by molar-refractivity contribution is 0.183. The normalized spacial score (nSPS) is 15.5. The van der Waals surface area contributed by atoms with Crippen LogP contribution >= 0.6 is 0 Å². The molecule has 3 rings (SSSR count). The number of rotatable bonds is 4. The minimum absolute atomic E-state index is 0.333. The number of hydrogen-bond acceptors (Lipinski definition) is 4. The van der Waals surface area contributed by atoms with E-state index in [1.54, 1.807) is 43.8 Å². The van der Waals surface area contributed by atoms with Crippen LogP contribution < -0.4 is 0 Å². The summed E-state index contributed by atoms with van der Waals surface area (Å²) in [6.45, 7) is 1.34. The molecule has 2 aromatic rings. The van der Waals surface area contributed by atoms with Crippen LogP contribution in [0.1, 0.15) is 16.7 Å². The molecule has 0 atom stereocenters. The van der Waals surface area contributed by atoms with Crippen LogP contribution in [0.15, 0.2) is 47.6 Å². The first kappa shape index (κ1) is 15.1. The van der Waals surface area contributed by atoms with Crippen LogP contribution in [-0.2, 0) is 34.3 Å². The van der Waals surface area contributed by atoms with E-state index in [-0.39, 0.29) is 0 Å². The third-order valence-corrected chi connectivity index (χ3v) is 5.73. The fourth-order valence-electron chi connectivity index (χ4n) is 2.77. The van der Waals surface area contributed by atoms with Crippen LogP contribution in [0.2, 0.25) is 0 Å². The van der Waals surface area contributed by atoms with Crippen molar-refractivity contribution >= 4 is 10.0 Å². The summed E-state index contributed by atoms with van der Waals surface area (Å²) in [5.74, 6) is 0. The number of methoxy groups -OCH3 is 1. The molecule has 1 aromatic carbocycles. The Morgan fingerprint density at radius 3 is 2.73 bits per heavy atom. The van der Waals surface area contributed by atoms with Gasteiger partial charge in [-0.1, -0.05) is 18.2 Å². The third-order valence-electron chi connectivity index (χ3n) is 3.87. The number of nitrogens with zero attached hydrogens (tertiary/aromatic N) is 2. The Balaban J connectivity index is 1.90. The molecule has 1 aliphatic heterocycles. The minimum atomic E-state index is -3.46. The van der Waals surface area contributed by atoms with Gasteiger partial charge in [-0.05, 0) is 35.2 Å². The summed E-state index contributed by atoms with van der Waals surface area (Å²) in [6.07, 6.45) is 4.23. The number of hydrogen-bond donors (Lipinski definition) is 0. The quantitative estimate of drug-likeness (QED) is 0.865. The Morgan fingerprint density at radius 2 is 2.00 bits per heavy atom. The number of fused-ring (bicyclic) bond motifs is 1. The summed E-state index contributed by atoms with van der Waals surface area (Å²) >= 11 is 0. The highest BCUT2D eigenvalue weighted by Gasteiger charge is 2.29. The predicted octanol–water partition coefficient (Wildman–Crippen LogP) is 1.98. The highest BCUT2D eigenvalue weighted by molar-refractivity contribution is 7.89. The summed E-state index contributed by atoms with van der Waals surface area (Å²) in [6, 6.07) is 8.55. The zero-order valence-corrected chi connectivity index (χ0v) is 13.2. The molecule has 1 aromatic heterocycles. The van der Waals surface area contributed by atoms with Gasteiger partial charge in [-0.3, -0.25) is 4.98 Å². The average Bonchev–Trinajstić information content (AvgIpc) is 2.56. The Labute approximate surface area is 130 Å². The van der Waals surface area contributed by atoms with Crippen molar-refractivity contribution in [2.75, 3.05) is 13.7 Å². The van der Waals surface area contributed by atoms with Crippen molar-refractivity contribution < 1.29 is 13.2 Å². The molecule has 0 unspecified atom stereocenters. The van der Waals surface area contributed by atoms with Gasteiger partial charge < -0.3 is 4.74 Å². The first-order valence-electron chi connectivity index (χ1n) is 7.11. The second kappa shape index (κ2) is 6.16. The van der Waals surface area contributed by atoms with Crippen LogP contribution in [0.3, 0.4) is 0 Å². The maximum Gasteiger partial charge on any atom is 0.243 e. The SMILES string of the molecule is COCc1cncc2c1CCN(S(=O)(=O)c1ccccc1)C2. The summed E-state index contributed by atoms with van der Waals surface area (Å²) in [7, 11) is -1.81. The lowest BCUT2D eigenvalue weighted by Gasteiger charge is -2.29. The number of aromatic nitrogens is 1. The van der Waals surface area contributed by atoms with Gasteiger partial charge in [-0.15, -0.1) is 0 Å². The van der Waals surface area contributed by atoms with Crippen LogP contribution in [0.5, 0.6) is 0 Å². The van der Waals surface area contributed by atoms with Crippen molar-refractivity contribution in [1.29, 1.82) is 0 Å². The molecule has 6 heteroatoms. The Bertz CT molecular complexity index is 760. The summed E-state index contributed by atoms with van der Waals surface area (Å²) < 4.78 is 32.1. The van der Waals surface area contributed by atoms with E-state index in [1.165, 1.54) is 4.31 Å². The van der Waals surface area contributed by atoms with Crippen LogP contribution in [0.25, 0.3) is 0 Å². The predicted molar refractivity (Wildman–Crippen MR) is 82.7 cm³/mol. The molecule has 0 fully saturated rings. The van der Waals surface area contributed by atoms with E-state index >= 15 is 0 Å². The fraction of sp³-hybridized carbons (Fsp3) is 0.312. The first-order chi connectivity index (χ1) is 10.6. The van der Waals surface area contributed by atoms with Gasteiger partial charge in [0.15, 0.2) is 0 Å². The molecule has 0 aliphatic carbocycles. The van der Waals surface area contributed by atoms with Gasteiger partial charge in [0.1, 0.15) is 0 Å². The highest BCUT2D eigenvalue weighted by Crippen LogP contribution is 2.26. The molecule has 0 saturated heterocycles. The van der Waals surface area contributed by atoms with Crippen molar-refractivity contribution in [3.63, 3.8) is 0 Å². The van der Waals surface area contributed by atoms with Crippen molar-refractivity contribution in [2.24, 2.45) is 0 Å². The Hall–Kier alpha value is -1.76. The van der Waals surface area contributed by atoms with Gasteiger partial charge in [-0.2, -0.15) is 4.31 Å². The smallest absolute Gasteiger partial charge is 0.243 e. The number of sulfonamides is 1. The van der Waals surface area contributed by atoms with Crippen LogP contribution in [-0.4, -0.2) is 31.4 Å². The molecule has 5 nitrogen and oxygen atoms in total. The van der Waals surface area contributed by atoms with Gasteiger partial charge in [0.2, 0.25) is 10.0 Å². The van der Waals surface area contributed by atoms with E-state index in [9.17, 15) is 8.42 Å². The van der Waals surface area contributed by atoms with E-state index in [0.717, 1.165) is 16.7 Å². The van der Waals surface area contributed by atoms with E-state index < -0.39 is 10.0 Å². The fourth-order valence-corrected chi connectivity index (χ4v) is 4.21. The monoisotopic (exact) mass is 318 g/mol. The molecular weight excluding hydrogens is 300 g/mol. The summed E-state index contributed by atoms with van der Waals surface area (Å²) in [5.41, 5.74) is 3.16. The zero-order chi connectivity index (χ0) is 15.6. The maximum absolute atomic E-state index is 12.7. The largest absolute Gasteiger partial charge is 0.380 e. The second-order valence-corrected chi connectivity index (χ2v) is 7.21. The molecule has 0 spiro atoms. The lowest BCUT2D eigenvalue weighted by Crippen LogP contribution is -2.36. The Kier molecular flexibility index (Phi) is 4.24. The van der Waals surface area contributed by atoms with Crippen molar-refractivity contribution in [2.45, 2.75) is 24.5 Å². The second-order valence-electron chi connectivity index (χ2n) is 5.27. The van der Waals surface area contributed by atoms with E-state index in [2.05, 4.69) is 4.98 Å². The van der Waals surface area contributed by atoms with Gasteiger partial charge >= 0.3 is 0 Å². The van der Waals surface area contributed by atoms with E-state index in [1.807, 2.05) is 6.07 Å². The summed E-state index contributed by atoms with van der Waals surface area (Å²) in [5, 5.41) is 0. The maximum atomic E-state index is 12.7. The van der Waals surface area contributed by atoms with Crippen molar-refractivity contribution in [3.8, 4) is 0 Å². The van der Waals surface area contributed by atoms with E-state index in [4.69, 9.17) is 4.74 Å². The van der Waals surface area contributed by atoms with Crippen molar-refractivity contribution in [1.82, 2.24) is 9.29 Å². The molecule has 0 N–H and O–H groups in total. The number of ether oxygens (including phenoxy) is 1. The lowest BCUT2D eigenvalue weighted by atomic mass is 9.99. The van der Waals surface area contributed by atoms with Gasteiger partial charge in [0.05, 0.1) is 11.5 Å². The molecule has 0 saturated carbocycles. The Morgan fingerprint density at radius 1 is 1.23 bits per heavy atom. The standard InChI is InChI=1S/C16H18N2O3S/c1-21-12-14-10-17-9-13-11-18(8-7-16(13)14)22(19,20)15-5-3-2-4-6-15/h2-6,9-10H,7-8,11-12H2,1H3.